The molecule has 11 rings (SSSR count). The first kappa shape index (κ1) is 42.4. The van der Waals surface area contributed by atoms with Crippen LogP contribution in [0.2, 0.25) is 0 Å². The molecule has 0 N–H and O–H groups in total. The molecule has 2 heterocycles. The van der Waals surface area contributed by atoms with E-state index < -0.39 is 0 Å². The van der Waals surface area contributed by atoms with E-state index in [-0.39, 0.29) is 17.7 Å². The van der Waals surface area contributed by atoms with Crippen LogP contribution < -0.4 is 14.7 Å². The summed E-state index contributed by atoms with van der Waals surface area (Å²) in [5.41, 5.74) is 19.5. The van der Waals surface area contributed by atoms with Crippen molar-refractivity contribution < 1.29 is 8.78 Å². The quantitative estimate of drug-likeness (QED) is 0.136. The predicted octanol–water partition coefficient (Wildman–Crippen LogP) is 17.2. The summed E-state index contributed by atoms with van der Waals surface area (Å²) < 4.78 is 31.2. The lowest BCUT2D eigenvalue weighted by Gasteiger charge is -2.30. The highest BCUT2D eigenvalue weighted by Crippen LogP contribution is 2.49. The summed E-state index contributed by atoms with van der Waals surface area (Å²) >= 11 is 0. The second-order valence-electron chi connectivity index (χ2n) is 18.1. The molecule has 0 saturated heterocycles. The average molecular weight is 889 g/mol. The summed E-state index contributed by atoms with van der Waals surface area (Å²) in [6.07, 6.45) is 0.718. The average Bonchev–Trinajstić information content (AvgIpc) is 3.92. The van der Waals surface area contributed by atoms with Gasteiger partial charge in [0.05, 0.1) is 17.3 Å². The molecular formula is C62H50F2N4. The molecule has 6 heteroatoms. The Hall–Kier alpha value is -8.22. The molecule has 1 unspecified atom stereocenters. The van der Waals surface area contributed by atoms with Crippen LogP contribution in [0.5, 0.6) is 0 Å². The summed E-state index contributed by atoms with van der Waals surface area (Å²) in [6.45, 7) is 8.43. The minimum Gasteiger partial charge on any atom is -0.333 e. The van der Waals surface area contributed by atoms with Gasteiger partial charge in [-0.05, 0) is 202 Å². The maximum absolute atomic E-state index is 14.5. The van der Waals surface area contributed by atoms with Crippen molar-refractivity contribution in [2.45, 2.75) is 40.2 Å². The fourth-order valence-corrected chi connectivity index (χ4v) is 9.71. The lowest BCUT2D eigenvalue weighted by atomic mass is 10.0. The summed E-state index contributed by atoms with van der Waals surface area (Å²) in [7, 11) is 0. The first-order valence-corrected chi connectivity index (χ1v) is 23.2. The number of fused-ring (bicyclic) bond motifs is 2. The normalized spacial score (nSPS) is 13.2. The molecule has 0 aliphatic carbocycles. The number of aromatic nitrogens is 1. The van der Waals surface area contributed by atoms with E-state index in [0.29, 0.717) is 0 Å². The summed E-state index contributed by atoms with van der Waals surface area (Å²) in [6, 6.07) is 72.5. The Labute approximate surface area is 397 Å². The molecule has 9 aromatic carbocycles. The summed E-state index contributed by atoms with van der Waals surface area (Å²) in [4.78, 5) is 6.97. The van der Waals surface area contributed by atoms with Crippen molar-refractivity contribution in [3.63, 3.8) is 0 Å². The predicted molar refractivity (Wildman–Crippen MR) is 278 cm³/mol. The van der Waals surface area contributed by atoms with Gasteiger partial charge in [0, 0.05) is 56.6 Å². The Balaban J connectivity index is 1.03. The zero-order chi connectivity index (χ0) is 46.5. The van der Waals surface area contributed by atoms with Gasteiger partial charge in [0.25, 0.3) is 0 Å². The second-order valence-corrected chi connectivity index (χ2v) is 18.1. The van der Waals surface area contributed by atoms with E-state index in [4.69, 9.17) is 0 Å². The van der Waals surface area contributed by atoms with Gasteiger partial charge in [-0.3, -0.25) is 0 Å². The molecule has 0 radical (unpaired) electrons. The molecule has 332 valence electrons. The van der Waals surface area contributed by atoms with Gasteiger partial charge in [0.2, 0.25) is 0 Å². The molecule has 68 heavy (non-hydrogen) atoms. The monoisotopic (exact) mass is 888 g/mol. The number of rotatable bonds is 10. The third kappa shape index (κ3) is 8.09. The number of anilines is 8. The van der Waals surface area contributed by atoms with Crippen LogP contribution in [0.4, 0.5) is 54.3 Å². The minimum atomic E-state index is -0.276. The number of hydrogen-bond acceptors (Lipinski definition) is 3. The van der Waals surface area contributed by atoms with Crippen LogP contribution in [0.25, 0.3) is 27.8 Å². The van der Waals surface area contributed by atoms with E-state index in [9.17, 15) is 8.78 Å². The maximum atomic E-state index is 14.5. The molecule has 1 aliphatic rings. The molecule has 0 bridgehead atoms. The lowest BCUT2D eigenvalue weighted by Crippen LogP contribution is -2.20. The first-order chi connectivity index (χ1) is 33.1. The highest BCUT2D eigenvalue weighted by Gasteiger charge is 2.33. The fourth-order valence-electron chi connectivity index (χ4n) is 9.71. The second kappa shape index (κ2) is 17.5. The Morgan fingerprint density at radius 1 is 0.412 bits per heavy atom. The molecule has 1 atom stereocenters. The van der Waals surface area contributed by atoms with Gasteiger partial charge in [-0.15, -0.1) is 0 Å². The topological polar surface area (TPSA) is 14.7 Å². The SMILES string of the molecule is Cc1ccc(N(c2ccc(C)cc2)c2ccc(N3c4cc5cc(-c6ccc(F)cc6)n(-c6ccc(N(c7ccc(C)cc7)c7ccc(C)cc7)cc6)c5cc4CC3c3ccc(F)cc3)cc2)cc1. The largest absolute Gasteiger partial charge is 0.333 e. The van der Waals surface area contributed by atoms with Gasteiger partial charge < -0.3 is 19.3 Å². The summed E-state index contributed by atoms with van der Waals surface area (Å²) in [5, 5.41) is 1.05. The van der Waals surface area contributed by atoms with Crippen molar-refractivity contribution in [1.29, 1.82) is 0 Å². The van der Waals surface area contributed by atoms with E-state index in [2.05, 4.69) is 211 Å². The van der Waals surface area contributed by atoms with E-state index in [0.717, 1.165) is 85.3 Å². The van der Waals surface area contributed by atoms with E-state index >= 15 is 0 Å². The van der Waals surface area contributed by atoms with Crippen molar-refractivity contribution in [2.24, 2.45) is 0 Å². The van der Waals surface area contributed by atoms with Crippen molar-refractivity contribution in [3.8, 4) is 16.9 Å². The van der Waals surface area contributed by atoms with Crippen molar-refractivity contribution in [3.05, 3.63) is 257 Å². The smallest absolute Gasteiger partial charge is 0.123 e. The van der Waals surface area contributed by atoms with Gasteiger partial charge in [-0.2, -0.15) is 0 Å². The number of halogens is 2. The molecule has 1 aromatic heterocycles. The van der Waals surface area contributed by atoms with Crippen LogP contribution in [-0.4, -0.2) is 4.57 Å². The zero-order valence-corrected chi connectivity index (χ0v) is 38.5. The number of nitrogens with zero attached hydrogens (tertiary/aromatic N) is 4. The van der Waals surface area contributed by atoms with E-state index in [1.807, 2.05) is 24.3 Å². The van der Waals surface area contributed by atoms with Crippen molar-refractivity contribution in [1.82, 2.24) is 4.57 Å². The highest BCUT2D eigenvalue weighted by molar-refractivity contribution is 5.95. The van der Waals surface area contributed by atoms with Gasteiger partial charge in [-0.25, -0.2) is 8.78 Å². The van der Waals surface area contributed by atoms with Crippen molar-refractivity contribution >= 4 is 56.4 Å². The van der Waals surface area contributed by atoms with Crippen LogP contribution in [0.1, 0.15) is 39.4 Å². The number of hydrogen-bond donors (Lipinski definition) is 0. The highest BCUT2D eigenvalue weighted by atomic mass is 19.1. The third-order valence-corrected chi connectivity index (χ3v) is 13.3. The fraction of sp³-hybridized carbons (Fsp3) is 0.0968. The standard InChI is InChI=1S/C62H50F2N4/c1-41-5-21-51(22-6-41)65(52-23-7-42(2)8-24-52)55-29-33-57(34-30-55)67-59(45-13-17-49(63)18-14-45)37-47-40-62-48(39-61(47)67)38-60(46-15-19-50(64)20-16-46)68(62)58-35-31-56(32-36-58)66(53-25-9-43(3)10-26-53)54-27-11-44(4)12-28-54/h5-37,39-40,60H,38H2,1-4H3. The first-order valence-electron chi connectivity index (χ1n) is 23.2. The molecule has 0 saturated carbocycles. The third-order valence-electron chi connectivity index (χ3n) is 13.3. The lowest BCUT2D eigenvalue weighted by molar-refractivity contribution is 0.625. The number of benzene rings is 9. The van der Waals surface area contributed by atoms with Crippen LogP contribution in [-0.2, 0) is 6.42 Å². The van der Waals surface area contributed by atoms with E-state index in [1.165, 1.54) is 39.9 Å². The maximum Gasteiger partial charge on any atom is 0.123 e. The Morgan fingerprint density at radius 3 is 1.22 bits per heavy atom. The molecule has 0 fully saturated rings. The molecule has 0 amide bonds. The Morgan fingerprint density at radius 2 is 0.794 bits per heavy atom. The molecule has 0 spiro atoms. The van der Waals surface area contributed by atoms with E-state index in [1.54, 1.807) is 12.1 Å². The molecular weight excluding hydrogens is 839 g/mol. The van der Waals surface area contributed by atoms with Gasteiger partial charge >= 0.3 is 0 Å². The van der Waals surface area contributed by atoms with Crippen LogP contribution in [0, 0.1) is 39.3 Å². The van der Waals surface area contributed by atoms with Crippen molar-refractivity contribution in [2.75, 3.05) is 14.7 Å². The van der Waals surface area contributed by atoms with Crippen LogP contribution in [0.15, 0.2) is 212 Å². The Bertz CT molecular complexity index is 3290. The molecule has 1 aliphatic heterocycles. The number of aryl methyl sites for hydroxylation is 4. The minimum absolute atomic E-state index is 0.0768. The summed E-state index contributed by atoms with van der Waals surface area (Å²) in [5.74, 6) is -0.534. The Kier molecular flexibility index (Phi) is 10.9. The zero-order valence-electron chi connectivity index (χ0n) is 38.5. The van der Waals surface area contributed by atoms with Gasteiger partial charge in [-0.1, -0.05) is 82.9 Å². The van der Waals surface area contributed by atoms with Crippen LogP contribution >= 0.6 is 0 Å². The van der Waals surface area contributed by atoms with Gasteiger partial charge in [0.15, 0.2) is 0 Å². The molecule has 4 nitrogen and oxygen atoms in total. The molecule has 10 aromatic rings. The van der Waals surface area contributed by atoms with Crippen LogP contribution in [0.3, 0.4) is 0 Å². The van der Waals surface area contributed by atoms with Gasteiger partial charge in [0.1, 0.15) is 11.6 Å².